The minimum absolute atomic E-state index is 0.0467. The second-order valence-electron chi connectivity index (χ2n) is 6.61. The van der Waals surface area contributed by atoms with E-state index in [2.05, 4.69) is 6.08 Å². The van der Waals surface area contributed by atoms with E-state index < -0.39 is 11.6 Å². The van der Waals surface area contributed by atoms with Crippen LogP contribution in [0.1, 0.15) is 50.5 Å². The summed E-state index contributed by atoms with van der Waals surface area (Å²) in [4.78, 5) is 0. The Morgan fingerprint density at radius 1 is 1.05 bits per heavy atom. The van der Waals surface area contributed by atoms with Gasteiger partial charge in [0.15, 0.2) is 11.6 Å². The van der Waals surface area contributed by atoms with Crippen molar-refractivity contribution >= 4 is 0 Å². The lowest BCUT2D eigenvalue weighted by Crippen LogP contribution is -2.06. The van der Waals surface area contributed by atoms with Crippen LogP contribution in [0.5, 0.6) is 5.75 Å². The van der Waals surface area contributed by atoms with Crippen molar-refractivity contribution in [3.05, 3.63) is 41.5 Å². The van der Waals surface area contributed by atoms with E-state index >= 15 is 0 Å². The van der Waals surface area contributed by atoms with Gasteiger partial charge in [-0.05, 0) is 49.1 Å². The van der Waals surface area contributed by atoms with Gasteiger partial charge in [-0.3, -0.25) is 0 Å². The smallest absolute Gasteiger partial charge is 0.200 e. The molecule has 1 aromatic rings. The lowest BCUT2D eigenvalue weighted by molar-refractivity contribution is 0.263. The lowest BCUT2D eigenvalue weighted by Gasteiger charge is -2.12. The van der Waals surface area contributed by atoms with E-state index in [1.165, 1.54) is 38.5 Å². The first-order valence-electron chi connectivity index (χ1n) is 8.50. The van der Waals surface area contributed by atoms with E-state index in [0.29, 0.717) is 30.4 Å². The normalized spacial score (nSPS) is 19.2. The van der Waals surface area contributed by atoms with Crippen LogP contribution >= 0.6 is 0 Å². The predicted octanol–water partition coefficient (Wildman–Crippen LogP) is 5.43. The largest absolute Gasteiger partial charge is 0.490 e. The third kappa shape index (κ3) is 4.08. The number of hydrogen-bond donors (Lipinski definition) is 0. The average molecular weight is 306 g/mol. The van der Waals surface area contributed by atoms with Gasteiger partial charge in [0, 0.05) is 0 Å². The van der Waals surface area contributed by atoms with Crippen LogP contribution < -0.4 is 4.74 Å². The van der Waals surface area contributed by atoms with Crippen LogP contribution in [-0.2, 0) is 6.42 Å². The summed E-state index contributed by atoms with van der Waals surface area (Å²) < 4.78 is 33.5. The molecule has 0 unspecified atom stereocenters. The van der Waals surface area contributed by atoms with Crippen LogP contribution in [0, 0.1) is 23.5 Å². The van der Waals surface area contributed by atoms with Crippen LogP contribution in [-0.4, -0.2) is 6.61 Å². The van der Waals surface area contributed by atoms with E-state index in [1.54, 1.807) is 12.1 Å². The van der Waals surface area contributed by atoms with Crippen LogP contribution in [0.2, 0.25) is 0 Å². The number of ether oxygens (including phenoxy) is 1. The van der Waals surface area contributed by atoms with Gasteiger partial charge in [-0.1, -0.05) is 43.9 Å². The van der Waals surface area contributed by atoms with Crippen molar-refractivity contribution in [2.45, 2.75) is 51.4 Å². The van der Waals surface area contributed by atoms with E-state index in [0.717, 1.165) is 6.42 Å². The molecule has 2 aliphatic carbocycles. The second-order valence-corrected chi connectivity index (χ2v) is 6.61. The van der Waals surface area contributed by atoms with Gasteiger partial charge in [0.2, 0.25) is 5.82 Å². The molecule has 120 valence electrons. The maximum Gasteiger partial charge on any atom is 0.200 e. The maximum absolute atomic E-state index is 14.0. The molecule has 0 N–H and O–H groups in total. The van der Waals surface area contributed by atoms with Gasteiger partial charge < -0.3 is 4.74 Å². The molecule has 2 aliphatic rings. The van der Waals surface area contributed by atoms with Gasteiger partial charge in [-0.2, -0.15) is 4.39 Å². The third-order valence-electron chi connectivity index (χ3n) is 4.75. The standard InChI is InChI=1S/C19H24F2O/c20-18-16(7-3-6-15-8-9-15)10-11-17(19(18)21)22-13-12-14-4-1-2-5-14/h3,6,10-11,14-15H,1-2,4-5,7-9,12-13H2/b6-3+. The Kier molecular flexibility index (Phi) is 5.12. The Morgan fingerprint density at radius 2 is 1.82 bits per heavy atom. The van der Waals surface area contributed by atoms with E-state index in [4.69, 9.17) is 4.74 Å². The molecule has 2 fully saturated rings. The van der Waals surface area contributed by atoms with E-state index in [9.17, 15) is 8.78 Å². The Labute approximate surface area is 131 Å². The zero-order valence-corrected chi connectivity index (χ0v) is 13.0. The number of halogens is 2. The molecule has 0 spiro atoms. The predicted molar refractivity (Wildman–Crippen MR) is 84.0 cm³/mol. The molecule has 1 nitrogen and oxygen atoms in total. The number of rotatable bonds is 7. The van der Waals surface area contributed by atoms with Crippen LogP contribution in [0.25, 0.3) is 0 Å². The molecule has 0 amide bonds. The van der Waals surface area contributed by atoms with Crippen molar-refractivity contribution in [2.75, 3.05) is 6.61 Å². The average Bonchev–Trinajstić information content (AvgIpc) is 3.19. The molecule has 2 saturated carbocycles. The summed E-state index contributed by atoms with van der Waals surface area (Å²) in [5, 5.41) is 0. The highest BCUT2D eigenvalue weighted by molar-refractivity contribution is 5.32. The Hall–Kier alpha value is -1.38. The first-order valence-corrected chi connectivity index (χ1v) is 8.50. The summed E-state index contributed by atoms with van der Waals surface area (Å²) in [6.07, 6.45) is 12.9. The maximum atomic E-state index is 14.0. The fraction of sp³-hybridized carbons (Fsp3) is 0.579. The van der Waals surface area contributed by atoms with Crippen LogP contribution in [0.15, 0.2) is 24.3 Å². The van der Waals surface area contributed by atoms with Gasteiger partial charge in [0.05, 0.1) is 6.61 Å². The lowest BCUT2D eigenvalue weighted by atomic mass is 10.1. The summed E-state index contributed by atoms with van der Waals surface area (Å²) in [6.45, 7) is 0.474. The third-order valence-corrected chi connectivity index (χ3v) is 4.75. The molecular formula is C19H24F2O. The Bertz CT molecular complexity index is 528. The van der Waals surface area contributed by atoms with Crippen molar-refractivity contribution in [3.63, 3.8) is 0 Å². The fourth-order valence-electron chi connectivity index (χ4n) is 3.15. The molecule has 0 aliphatic heterocycles. The Balaban J connectivity index is 1.53. The fourth-order valence-corrected chi connectivity index (χ4v) is 3.15. The quantitative estimate of drug-likeness (QED) is 0.610. The molecule has 3 rings (SSSR count). The van der Waals surface area contributed by atoms with Crippen LogP contribution in [0.3, 0.4) is 0 Å². The SMILES string of the molecule is Fc1c(C/C=C/C2CC2)ccc(OCCC2CCCC2)c1F. The molecule has 0 bridgehead atoms. The Morgan fingerprint density at radius 3 is 2.55 bits per heavy atom. The van der Waals surface area contributed by atoms with Gasteiger partial charge >= 0.3 is 0 Å². The molecule has 22 heavy (non-hydrogen) atoms. The molecule has 0 saturated heterocycles. The van der Waals surface area contributed by atoms with E-state index in [-0.39, 0.29) is 5.75 Å². The zero-order valence-electron chi connectivity index (χ0n) is 13.0. The van der Waals surface area contributed by atoms with E-state index in [1.807, 2.05) is 6.08 Å². The minimum atomic E-state index is -0.844. The first kappa shape index (κ1) is 15.5. The monoisotopic (exact) mass is 306 g/mol. The summed E-state index contributed by atoms with van der Waals surface area (Å²) in [5.74, 6) is -0.209. The minimum Gasteiger partial charge on any atom is -0.490 e. The van der Waals surface area contributed by atoms with Gasteiger partial charge in [0.25, 0.3) is 0 Å². The summed E-state index contributed by atoms with van der Waals surface area (Å²) in [6, 6.07) is 3.20. The van der Waals surface area contributed by atoms with Crippen LogP contribution in [0.4, 0.5) is 8.78 Å². The van der Waals surface area contributed by atoms with Crippen molar-refractivity contribution in [1.82, 2.24) is 0 Å². The first-order chi connectivity index (χ1) is 10.7. The summed E-state index contributed by atoms with van der Waals surface area (Å²) in [7, 11) is 0. The van der Waals surface area contributed by atoms with Gasteiger partial charge in [-0.25, -0.2) is 4.39 Å². The van der Waals surface area contributed by atoms with Crippen molar-refractivity contribution in [2.24, 2.45) is 11.8 Å². The number of allylic oxidation sites excluding steroid dienone is 2. The second kappa shape index (κ2) is 7.26. The molecular weight excluding hydrogens is 282 g/mol. The van der Waals surface area contributed by atoms with Gasteiger partial charge in [-0.15, -0.1) is 0 Å². The number of benzene rings is 1. The molecule has 0 aromatic heterocycles. The topological polar surface area (TPSA) is 9.23 Å². The molecule has 3 heteroatoms. The molecule has 0 atom stereocenters. The van der Waals surface area contributed by atoms with Crippen molar-refractivity contribution < 1.29 is 13.5 Å². The highest BCUT2D eigenvalue weighted by Gasteiger charge is 2.18. The molecule has 1 aromatic carbocycles. The number of hydrogen-bond acceptors (Lipinski definition) is 1. The summed E-state index contributed by atoms with van der Waals surface area (Å²) in [5.41, 5.74) is 0.401. The zero-order chi connectivity index (χ0) is 15.4. The van der Waals surface area contributed by atoms with Crippen molar-refractivity contribution in [3.8, 4) is 5.75 Å². The highest BCUT2D eigenvalue weighted by atomic mass is 19.2. The summed E-state index contributed by atoms with van der Waals surface area (Å²) >= 11 is 0. The molecule has 0 radical (unpaired) electrons. The highest BCUT2D eigenvalue weighted by Crippen LogP contribution is 2.31. The van der Waals surface area contributed by atoms with Crippen molar-refractivity contribution in [1.29, 1.82) is 0 Å². The van der Waals surface area contributed by atoms with Gasteiger partial charge in [0.1, 0.15) is 0 Å². The molecule has 0 heterocycles.